The fraction of sp³-hybridized carbons (Fsp3) is 0.538. The molecule has 98 valence electrons. The fourth-order valence-corrected chi connectivity index (χ4v) is 2.43. The van der Waals surface area contributed by atoms with Crippen molar-refractivity contribution in [2.45, 2.75) is 25.4 Å². The Morgan fingerprint density at radius 1 is 1.56 bits per heavy atom. The third-order valence-corrected chi connectivity index (χ3v) is 3.46. The summed E-state index contributed by atoms with van der Waals surface area (Å²) in [6.07, 6.45) is 1.13. The summed E-state index contributed by atoms with van der Waals surface area (Å²) < 4.78 is 0. The Labute approximate surface area is 107 Å². The van der Waals surface area contributed by atoms with E-state index in [1.807, 2.05) is 6.07 Å². The summed E-state index contributed by atoms with van der Waals surface area (Å²) in [5, 5.41) is 14.3. The Bertz CT molecular complexity index is 436. The second kappa shape index (κ2) is 5.46. The largest absolute Gasteiger partial charge is 0.306 e. The van der Waals surface area contributed by atoms with Gasteiger partial charge in [-0.3, -0.25) is 10.1 Å². The van der Waals surface area contributed by atoms with E-state index in [2.05, 4.69) is 24.2 Å². The highest BCUT2D eigenvalue weighted by molar-refractivity contribution is 5.35. The van der Waals surface area contributed by atoms with E-state index >= 15 is 0 Å². The quantitative estimate of drug-likeness (QED) is 0.654. The first-order chi connectivity index (χ1) is 8.56. The Balaban J connectivity index is 2.02. The predicted molar refractivity (Wildman–Crippen MR) is 70.5 cm³/mol. The zero-order chi connectivity index (χ0) is 13.1. The summed E-state index contributed by atoms with van der Waals surface area (Å²) in [4.78, 5) is 12.7. The molecule has 18 heavy (non-hydrogen) atoms. The molecular weight excluding hydrogens is 230 g/mol. The maximum absolute atomic E-state index is 10.7. The molecule has 1 fully saturated rings. The highest BCUT2D eigenvalue weighted by atomic mass is 16.6. The van der Waals surface area contributed by atoms with Crippen molar-refractivity contribution in [3.05, 3.63) is 39.9 Å². The van der Waals surface area contributed by atoms with Gasteiger partial charge in [-0.2, -0.15) is 0 Å². The minimum atomic E-state index is -0.348. The van der Waals surface area contributed by atoms with Crippen molar-refractivity contribution in [3.8, 4) is 0 Å². The van der Waals surface area contributed by atoms with E-state index in [-0.39, 0.29) is 16.7 Å². The second-order valence-electron chi connectivity index (χ2n) is 4.99. The number of non-ortho nitro benzene ring substituents is 1. The minimum absolute atomic E-state index is 0.140. The van der Waals surface area contributed by atoms with Gasteiger partial charge in [-0.05, 0) is 32.5 Å². The van der Waals surface area contributed by atoms with Gasteiger partial charge in [0.15, 0.2) is 0 Å². The van der Waals surface area contributed by atoms with Crippen LogP contribution in [0.3, 0.4) is 0 Å². The summed E-state index contributed by atoms with van der Waals surface area (Å²) in [6.45, 7) is 4.20. The molecule has 1 aliphatic rings. The molecule has 0 radical (unpaired) electrons. The van der Waals surface area contributed by atoms with Crippen LogP contribution in [0.2, 0.25) is 0 Å². The Morgan fingerprint density at radius 2 is 2.33 bits per heavy atom. The van der Waals surface area contributed by atoms with Crippen molar-refractivity contribution >= 4 is 5.69 Å². The summed E-state index contributed by atoms with van der Waals surface area (Å²) in [7, 11) is 2.11. The van der Waals surface area contributed by atoms with Gasteiger partial charge in [0, 0.05) is 30.8 Å². The lowest BCUT2D eigenvalue weighted by molar-refractivity contribution is -0.384. The van der Waals surface area contributed by atoms with Crippen molar-refractivity contribution in [2.75, 3.05) is 20.1 Å². The molecule has 0 saturated carbocycles. The van der Waals surface area contributed by atoms with E-state index in [4.69, 9.17) is 0 Å². The van der Waals surface area contributed by atoms with Crippen molar-refractivity contribution in [2.24, 2.45) is 0 Å². The normalized spacial score (nSPS) is 22.0. The van der Waals surface area contributed by atoms with E-state index in [9.17, 15) is 10.1 Å². The number of nitro benzene ring substituents is 1. The molecule has 1 aromatic rings. The maximum atomic E-state index is 10.7. The van der Waals surface area contributed by atoms with Crippen LogP contribution < -0.4 is 5.32 Å². The molecule has 2 atom stereocenters. The van der Waals surface area contributed by atoms with Gasteiger partial charge >= 0.3 is 0 Å². The van der Waals surface area contributed by atoms with Crippen LogP contribution in [0.4, 0.5) is 5.69 Å². The van der Waals surface area contributed by atoms with Crippen LogP contribution in [0.25, 0.3) is 0 Å². The van der Waals surface area contributed by atoms with Crippen molar-refractivity contribution in [1.29, 1.82) is 0 Å². The first-order valence-electron chi connectivity index (χ1n) is 6.25. The van der Waals surface area contributed by atoms with E-state index in [1.165, 1.54) is 6.07 Å². The van der Waals surface area contributed by atoms with Gasteiger partial charge in [-0.25, -0.2) is 0 Å². The summed E-state index contributed by atoms with van der Waals surface area (Å²) in [5.41, 5.74) is 1.13. The van der Waals surface area contributed by atoms with E-state index in [0.717, 1.165) is 25.1 Å². The number of hydrogen-bond donors (Lipinski definition) is 1. The van der Waals surface area contributed by atoms with Gasteiger partial charge in [0.1, 0.15) is 0 Å². The maximum Gasteiger partial charge on any atom is 0.269 e. The van der Waals surface area contributed by atoms with Gasteiger partial charge < -0.3 is 10.2 Å². The van der Waals surface area contributed by atoms with Crippen LogP contribution in [0.15, 0.2) is 24.3 Å². The first-order valence-corrected chi connectivity index (χ1v) is 6.25. The summed E-state index contributed by atoms with van der Waals surface area (Å²) >= 11 is 0. The van der Waals surface area contributed by atoms with Crippen molar-refractivity contribution in [3.63, 3.8) is 0 Å². The molecule has 0 spiro atoms. The topological polar surface area (TPSA) is 58.4 Å². The molecule has 1 N–H and O–H groups in total. The molecule has 0 aliphatic carbocycles. The van der Waals surface area contributed by atoms with E-state index < -0.39 is 0 Å². The van der Waals surface area contributed by atoms with E-state index in [0.29, 0.717) is 6.04 Å². The number of hydrogen-bond acceptors (Lipinski definition) is 4. The standard InChI is InChI=1S/C13H19N3O2/c1-10(14-12-6-7-15(2)9-12)11-4-3-5-13(8-11)16(17)18/h3-5,8,10,12,14H,6-7,9H2,1-2H3. The molecule has 1 aromatic carbocycles. The SMILES string of the molecule is CC(NC1CCN(C)C1)c1cccc([N+](=O)[O-])c1. The number of nitro groups is 1. The van der Waals surface area contributed by atoms with Crippen LogP contribution in [0, 0.1) is 10.1 Å². The van der Waals surface area contributed by atoms with Gasteiger partial charge in [0.05, 0.1) is 4.92 Å². The van der Waals surface area contributed by atoms with Crippen LogP contribution in [0.5, 0.6) is 0 Å². The minimum Gasteiger partial charge on any atom is -0.306 e. The molecule has 0 amide bonds. The van der Waals surface area contributed by atoms with Gasteiger partial charge in [0.2, 0.25) is 0 Å². The third kappa shape index (κ3) is 3.05. The Hall–Kier alpha value is -1.46. The number of likely N-dealkylation sites (tertiary alicyclic amines) is 1. The van der Waals surface area contributed by atoms with Gasteiger partial charge in [0.25, 0.3) is 5.69 Å². The molecule has 0 aromatic heterocycles. The predicted octanol–water partition coefficient (Wildman–Crippen LogP) is 1.95. The number of nitrogens with one attached hydrogen (secondary N) is 1. The van der Waals surface area contributed by atoms with E-state index in [1.54, 1.807) is 12.1 Å². The molecule has 1 saturated heterocycles. The third-order valence-electron chi connectivity index (χ3n) is 3.46. The zero-order valence-corrected chi connectivity index (χ0v) is 10.8. The molecule has 2 rings (SSSR count). The lowest BCUT2D eigenvalue weighted by Gasteiger charge is -2.19. The number of likely N-dealkylation sites (N-methyl/N-ethyl adjacent to an activating group) is 1. The Morgan fingerprint density at radius 3 is 2.94 bits per heavy atom. The molecule has 5 heteroatoms. The number of benzene rings is 1. The number of rotatable bonds is 4. The summed E-state index contributed by atoms with van der Waals surface area (Å²) in [5.74, 6) is 0. The molecule has 5 nitrogen and oxygen atoms in total. The van der Waals surface area contributed by atoms with Crippen molar-refractivity contribution < 1.29 is 4.92 Å². The summed E-state index contributed by atoms with van der Waals surface area (Å²) in [6, 6.07) is 7.47. The highest BCUT2D eigenvalue weighted by Crippen LogP contribution is 2.20. The van der Waals surface area contributed by atoms with Gasteiger partial charge in [-0.15, -0.1) is 0 Å². The fourth-order valence-electron chi connectivity index (χ4n) is 2.43. The first kappa shape index (κ1) is 13.0. The van der Waals surface area contributed by atoms with Crippen LogP contribution in [-0.2, 0) is 0 Å². The molecule has 2 unspecified atom stereocenters. The van der Waals surface area contributed by atoms with Crippen LogP contribution in [-0.4, -0.2) is 36.0 Å². The average molecular weight is 249 g/mol. The molecule has 1 aliphatic heterocycles. The molecular formula is C13H19N3O2. The van der Waals surface area contributed by atoms with Crippen LogP contribution in [0.1, 0.15) is 24.9 Å². The number of nitrogens with zero attached hydrogens (tertiary/aromatic N) is 2. The van der Waals surface area contributed by atoms with Gasteiger partial charge in [-0.1, -0.05) is 12.1 Å². The lowest BCUT2D eigenvalue weighted by atomic mass is 10.1. The smallest absolute Gasteiger partial charge is 0.269 e. The lowest BCUT2D eigenvalue weighted by Crippen LogP contribution is -2.33. The monoisotopic (exact) mass is 249 g/mol. The highest BCUT2D eigenvalue weighted by Gasteiger charge is 2.21. The van der Waals surface area contributed by atoms with Crippen molar-refractivity contribution in [1.82, 2.24) is 10.2 Å². The average Bonchev–Trinajstić information content (AvgIpc) is 2.75. The second-order valence-corrected chi connectivity index (χ2v) is 4.99. The molecule has 1 heterocycles. The Kier molecular flexibility index (Phi) is 3.93. The van der Waals surface area contributed by atoms with Crippen LogP contribution >= 0.6 is 0 Å². The zero-order valence-electron chi connectivity index (χ0n) is 10.8. The molecule has 0 bridgehead atoms.